The fourth-order valence-electron chi connectivity index (χ4n) is 3.78. The van der Waals surface area contributed by atoms with Gasteiger partial charge in [0.25, 0.3) is 15.6 Å². The van der Waals surface area contributed by atoms with Gasteiger partial charge in [0.05, 0.1) is 29.0 Å². The number of nitrogens with one attached hydrogen (secondary N) is 1. The van der Waals surface area contributed by atoms with Crippen LogP contribution in [-0.4, -0.2) is 31.4 Å². The second-order valence-corrected chi connectivity index (χ2v) is 10.4. The molecule has 0 radical (unpaired) electrons. The van der Waals surface area contributed by atoms with Crippen LogP contribution in [0, 0.1) is 11.3 Å². The number of nitrogen functional groups attached to an aromatic ring is 1. The summed E-state index contributed by atoms with van der Waals surface area (Å²) < 4.78 is 39.0. The quantitative estimate of drug-likeness (QED) is 0.227. The summed E-state index contributed by atoms with van der Waals surface area (Å²) in [6.07, 6.45) is 1.33. The summed E-state index contributed by atoms with van der Waals surface area (Å²) >= 11 is 5.83. The molecular formula is C27H22ClN5O6S. The van der Waals surface area contributed by atoms with Crippen LogP contribution in [0.5, 0.6) is 0 Å². The van der Waals surface area contributed by atoms with E-state index in [-0.39, 0.29) is 45.6 Å². The summed E-state index contributed by atoms with van der Waals surface area (Å²) in [5, 5.41) is 14.5. The zero-order valence-electron chi connectivity index (χ0n) is 21.2. The Morgan fingerprint density at radius 1 is 1.18 bits per heavy atom. The topological polar surface area (TPSA) is 170 Å². The third kappa shape index (κ3) is 5.61. The van der Waals surface area contributed by atoms with E-state index in [9.17, 15) is 23.3 Å². The lowest BCUT2D eigenvalue weighted by Crippen LogP contribution is -2.28. The molecule has 0 saturated carbocycles. The Bertz CT molecular complexity index is 1810. The van der Waals surface area contributed by atoms with Gasteiger partial charge >= 0.3 is 5.97 Å². The van der Waals surface area contributed by atoms with E-state index in [1.54, 1.807) is 26.0 Å². The van der Waals surface area contributed by atoms with Crippen LogP contribution in [-0.2, 0) is 14.8 Å². The van der Waals surface area contributed by atoms with E-state index in [1.165, 1.54) is 54.8 Å². The van der Waals surface area contributed by atoms with E-state index in [1.807, 2.05) is 6.07 Å². The van der Waals surface area contributed by atoms with Crippen molar-refractivity contribution in [3.8, 4) is 17.4 Å². The highest BCUT2D eigenvalue weighted by molar-refractivity contribution is 7.92. The molecule has 4 rings (SSSR count). The molecular weight excluding hydrogens is 558 g/mol. The van der Waals surface area contributed by atoms with Crippen LogP contribution in [0.25, 0.3) is 11.3 Å². The second-order valence-electron chi connectivity index (χ2n) is 8.26. The SMILES string of the molecule is CCOC(=O)c1c(-c2ccco2)c(C#N)c(=O)n(/N=C(\C)c2ccc(NS(=O)(=O)c3ccc(Cl)cc3)cc2)c1N. The Balaban J connectivity index is 1.74. The first-order valence-corrected chi connectivity index (χ1v) is 13.6. The van der Waals surface area contributed by atoms with Crippen LogP contribution in [0.4, 0.5) is 11.5 Å². The van der Waals surface area contributed by atoms with Gasteiger partial charge < -0.3 is 14.9 Å². The van der Waals surface area contributed by atoms with Crippen molar-refractivity contribution in [3.63, 3.8) is 0 Å². The number of sulfonamides is 1. The van der Waals surface area contributed by atoms with Crippen molar-refractivity contribution >= 4 is 44.8 Å². The average molecular weight is 580 g/mol. The molecule has 0 unspecified atom stereocenters. The lowest BCUT2D eigenvalue weighted by atomic mass is 10.0. The molecule has 13 heteroatoms. The highest BCUT2D eigenvalue weighted by atomic mass is 35.5. The molecule has 0 atom stereocenters. The van der Waals surface area contributed by atoms with Gasteiger partial charge in [-0.25, -0.2) is 13.2 Å². The van der Waals surface area contributed by atoms with E-state index in [4.69, 9.17) is 26.5 Å². The van der Waals surface area contributed by atoms with Crippen molar-refractivity contribution < 1.29 is 22.4 Å². The Morgan fingerprint density at radius 3 is 2.42 bits per heavy atom. The third-order valence-electron chi connectivity index (χ3n) is 5.68. The minimum absolute atomic E-state index is 0.0211. The number of furan rings is 1. The molecule has 2 heterocycles. The molecule has 0 aliphatic rings. The molecule has 0 fully saturated rings. The van der Waals surface area contributed by atoms with Gasteiger partial charge in [-0.3, -0.25) is 9.52 Å². The van der Waals surface area contributed by atoms with Crippen molar-refractivity contribution in [2.24, 2.45) is 5.10 Å². The average Bonchev–Trinajstić information content (AvgIpc) is 3.46. The number of aromatic nitrogens is 1. The van der Waals surface area contributed by atoms with Crippen molar-refractivity contribution in [2.45, 2.75) is 18.7 Å². The molecule has 2 aromatic heterocycles. The number of anilines is 2. The van der Waals surface area contributed by atoms with Gasteiger partial charge in [0.2, 0.25) is 0 Å². The lowest BCUT2D eigenvalue weighted by molar-refractivity contribution is 0.0527. The maximum absolute atomic E-state index is 13.3. The van der Waals surface area contributed by atoms with Crippen LogP contribution in [0.2, 0.25) is 5.02 Å². The first-order chi connectivity index (χ1) is 19.1. The first kappa shape index (κ1) is 28.2. The van der Waals surface area contributed by atoms with E-state index >= 15 is 0 Å². The van der Waals surface area contributed by atoms with Crippen LogP contribution in [0.15, 0.2) is 86.1 Å². The molecule has 0 amide bonds. The summed E-state index contributed by atoms with van der Waals surface area (Å²) in [5.74, 6) is -1.12. The van der Waals surface area contributed by atoms with Crippen molar-refractivity contribution in [1.29, 1.82) is 5.26 Å². The highest BCUT2D eigenvalue weighted by Crippen LogP contribution is 2.31. The predicted molar refractivity (Wildman–Crippen MR) is 150 cm³/mol. The number of hydrogen-bond donors (Lipinski definition) is 2. The second kappa shape index (κ2) is 11.5. The Labute approximate surface area is 234 Å². The summed E-state index contributed by atoms with van der Waals surface area (Å²) in [6, 6.07) is 16.7. The maximum atomic E-state index is 13.3. The van der Waals surface area contributed by atoms with Crippen LogP contribution >= 0.6 is 11.6 Å². The first-order valence-electron chi connectivity index (χ1n) is 11.7. The normalized spacial score (nSPS) is 11.6. The zero-order valence-corrected chi connectivity index (χ0v) is 22.8. The van der Waals surface area contributed by atoms with E-state index in [0.29, 0.717) is 10.6 Å². The van der Waals surface area contributed by atoms with Gasteiger partial charge in [-0.2, -0.15) is 15.0 Å². The number of hydrogen-bond acceptors (Lipinski definition) is 9. The minimum atomic E-state index is -3.85. The standard InChI is InChI=1S/C27H22ClN5O6S/c1-3-38-27(35)24-23(22-5-4-14-39-22)21(15-29)26(34)33(25(24)30)31-16(2)17-6-10-19(11-7-17)32-40(36,37)20-12-8-18(28)9-13-20/h4-14,32H,3,30H2,1-2H3/b31-16+. The molecule has 204 valence electrons. The number of ether oxygens (including phenoxy) is 1. The third-order valence-corrected chi connectivity index (χ3v) is 7.33. The van der Waals surface area contributed by atoms with Gasteiger partial charge in [-0.15, -0.1) is 0 Å². The molecule has 3 N–H and O–H groups in total. The zero-order chi connectivity index (χ0) is 29.0. The molecule has 2 aromatic carbocycles. The highest BCUT2D eigenvalue weighted by Gasteiger charge is 2.28. The van der Waals surface area contributed by atoms with Crippen LogP contribution in [0.3, 0.4) is 0 Å². The van der Waals surface area contributed by atoms with Crippen LogP contribution < -0.4 is 16.0 Å². The van der Waals surface area contributed by atoms with E-state index in [2.05, 4.69) is 9.82 Å². The van der Waals surface area contributed by atoms with Gasteiger partial charge in [0.1, 0.15) is 28.8 Å². The number of nitrogens with two attached hydrogens (primary N) is 1. The Morgan fingerprint density at radius 2 is 1.85 bits per heavy atom. The molecule has 0 bridgehead atoms. The van der Waals surface area contributed by atoms with E-state index < -0.39 is 27.1 Å². The minimum Gasteiger partial charge on any atom is -0.464 e. The summed E-state index contributed by atoms with van der Waals surface area (Å²) in [6.45, 7) is 3.20. The molecule has 0 aliphatic heterocycles. The molecule has 0 saturated heterocycles. The Kier molecular flexibility index (Phi) is 8.08. The number of carbonyl (C=O) groups excluding carboxylic acids is 1. The van der Waals surface area contributed by atoms with Gasteiger partial charge in [-0.05, 0) is 67.9 Å². The molecule has 11 nitrogen and oxygen atoms in total. The fourth-order valence-corrected chi connectivity index (χ4v) is 4.96. The summed E-state index contributed by atoms with van der Waals surface area (Å²) in [7, 11) is -3.85. The maximum Gasteiger partial charge on any atom is 0.342 e. The number of nitrogens with zero attached hydrogens (tertiary/aromatic N) is 3. The number of benzene rings is 2. The monoisotopic (exact) mass is 579 g/mol. The number of halogens is 1. The van der Waals surface area contributed by atoms with Gasteiger partial charge in [0.15, 0.2) is 0 Å². The van der Waals surface area contributed by atoms with Crippen molar-refractivity contribution in [1.82, 2.24) is 4.68 Å². The number of nitriles is 1. The predicted octanol–water partition coefficient (Wildman–Crippen LogP) is 4.47. The summed E-state index contributed by atoms with van der Waals surface area (Å²) in [5.41, 5.74) is 5.72. The van der Waals surface area contributed by atoms with E-state index in [0.717, 1.165) is 4.68 Å². The summed E-state index contributed by atoms with van der Waals surface area (Å²) in [4.78, 5) is 26.2. The van der Waals surface area contributed by atoms with Gasteiger partial charge in [-0.1, -0.05) is 23.7 Å². The van der Waals surface area contributed by atoms with Crippen LogP contribution in [0.1, 0.15) is 35.3 Å². The molecule has 0 spiro atoms. The van der Waals surface area contributed by atoms with Gasteiger partial charge in [0, 0.05) is 10.7 Å². The van der Waals surface area contributed by atoms with Crippen molar-refractivity contribution in [3.05, 3.63) is 99.0 Å². The molecule has 0 aliphatic carbocycles. The number of rotatable bonds is 8. The lowest BCUT2D eigenvalue weighted by Gasteiger charge is -2.15. The largest absolute Gasteiger partial charge is 0.464 e. The number of pyridine rings is 1. The number of esters is 1. The molecule has 4 aromatic rings. The molecule has 40 heavy (non-hydrogen) atoms. The smallest absolute Gasteiger partial charge is 0.342 e. The van der Waals surface area contributed by atoms with Crippen molar-refractivity contribution in [2.75, 3.05) is 17.1 Å². The Hall–Kier alpha value is -4.86. The fraction of sp³-hybridized carbons (Fsp3) is 0.111. The number of carbonyl (C=O) groups is 1.